The highest BCUT2D eigenvalue weighted by Gasteiger charge is 2.56. The molecule has 20 atom stereocenters. The summed E-state index contributed by atoms with van der Waals surface area (Å²) in [7, 11) is 0. The Balaban J connectivity index is 1.58. The van der Waals surface area contributed by atoms with Crippen LogP contribution >= 0.6 is 0 Å². The van der Waals surface area contributed by atoms with Crippen molar-refractivity contribution < 1.29 is 69.0 Å². The molecule has 3 aliphatic heterocycles. The summed E-state index contributed by atoms with van der Waals surface area (Å²) >= 11 is 0. The van der Waals surface area contributed by atoms with Crippen molar-refractivity contribution in [1.29, 1.82) is 0 Å². The highest BCUT2D eigenvalue weighted by atomic mass is 16.8. The molecule has 0 aromatic rings. The molecule has 4 fully saturated rings. The third-order valence-electron chi connectivity index (χ3n) is 9.58. The lowest BCUT2D eigenvalue weighted by molar-refractivity contribution is -0.297. The molecule has 1 aliphatic carbocycles. The van der Waals surface area contributed by atoms with E-state index in [-0.39, 0.29) is 25.6 Å². The van der Waals surface area contributed by atoms with Crippen molar-refractivity contribution in [3.63, 3.8) is 0 Å². The molecular formula is C28H55N7O14. The van der Waals surface area contributed by atoms with Gasteiger partial charge in [0.1, 0.15) is 61.0 Å². The van der Waals surface area contributed by atoms with Crippen LogP contribution in [0.1, 0.15) is 26.2 Å². The molecule has 0 bridgehead atoms. The monoisotopic (exact) mass is 713 g/mol. The van der Waals surface area contributed by atoms with Gasteiger partial charge in [-0.3, -0.25) is 4.79 Å². The SMILES string of the molecule is C[C@@H](N)[C@@H]1CC[C@@H](N)[C@@H](O[C@@H]2[C@@H](N)[C@H](O)[C@@H](NC(=O)[C@@H](O)CCN)[C@H](O)[C@H]2O[C@@H]2O[C@H](CO)[C@@H](O[C@H]3O[C@@H](CN)[C@@H](O)[C@H](O)[C@H]3N)[C@H]2O)O1. The van der Waals surface area contributed by atoms with Crippen molar-refractivity contribution in [2.45, 2.75) is 149 Å². The zero-order valence-electron chi connectivity index (χ0n) is 27.2. The molecule has 0 unspecified atom stereocenters. The second-order valence-electron chi connectivity index (χ2n) is 13.2. The van der Waals surface area contributed by atoms with Gasteiger partial charge >= 0.3 is 0 Å². The Morgan fingerprint density at radius 2 is 1.43 bits per heavy atom. The fraction of sp³-hybridized carbons (Fsp3) is 0.964. The Morgan fingerprint density at radius 3 is 2.04 bits per heavy atom. The third-order valence-corrected chi connectivity index (χ3v) is 9.58. The molecular weight excluding hydrogens is 658 g/mol. The summed E-state index contributed by atoms with van der Waals surface area (Å²) in [5, 5.41) is 77.3. The van der Waals surface area contributed by atoms with E-state index in [0.29, 0.717) is 12.8 Å². The summed E-state index contributed by atoms with van der Waals surface area (Å²) in [5.41, 5.74) is 35.9. The van der Waals surface area contributed by atoms with E-state index < -0.39 is 129 Å². The van der Waals surface area contributed by atoms with Crippen LogP contribution < -0.4 is 39.7 Å². The summed E-state index contributed by atoms with van der Waals surface area (Å²) in [6, 6.07) is -5.25. The first-order valence-electron chi connectivity index (χ1n) is 16.5. The first-order chi connectivity index (χ1) is 23.1. The normalized spacial score (nSPS) is 47.5. The van der Waals surface area contributed by atoms with E-state index in [2.05, 4.69) is 5.32 Å². The van der Waals surface area contributed by atoms with E-state index in [1.54, 1.807) is 6.92 Å². The minimum atomic E-state index is -1.81. The van der Waals surface area contributed by atoms with Crippen LogP contribution in [0.3, 0.4) is 0 Å². The number of hydrogen-bond acceptors (Lipinski definition) is 20. The van der Waals surface area contributed by atoms with E-state index in [4.69, 9.17) is 62.8 Å². The highest BCUT2D eigenvalue weighted by molar-refractivity contribution is 5.80. The molecule has 3 heterocycles. The molecule has 0 radical (unpaired) electrons. The van der Waals surface area contributed by atoms with E-state index in [0.717, 1.165) is 0 Å². The van der Waals surface area contributed by atoms with Gasteiger partial charge in [-0.2, -0.15) is 0 Å². The van der Waals surface area contributed by atoms with Crippen LogP contribution in [-0.2, 0) is 33.2 Å². The molecule has 1 saturated carbocycles. The molecule has 4 aliphatic rings. The second kappa shape index (κ2) is 17.5. The molecule has 3 saturated heterocycles. The van der Waals surface area contributed by atoms with Gasteiger partial charge in [0.15, 0.2) is 18.9 Å². The minimum absolute atomic E-state index is 0.0228. The molecule has 0 aromatic heterocycles. The maximum Gasteiger partial charge on any atom is 0.249 e. The number of aliphatic hydroxyl groups is 7. The van der Waals surface area contributed by atoms with Gasteiger partial charge in [0.25, 0.3) is 0 Å². The lowest BCUT2D eigenvalue weighted by atomic mass is 9.81. The van der Waals surface area contributed by atoms with Crippen LogP contribution in [0.5, 0.6) is 0 Å². The Labute approximate surface area is 283 Å². The molecule has 0 aromatic carbocycles. The zero-order chi connectivity index (χ0) is 36.3. The Morgan fingerprint density at radius 1 is 0.796 bits per heavy atom. The van der Waals surface area contributed by atoms with Crippen LogP contribution in [0.15, 0.2) is 0 Å². The summed E-state index contributed by atoms with van der Waals surface area (Å²) in [6.07, 6.45) is -20.1. The van der Waals surface area contributed by atoms with E-state index in [1.807, 2.05) is 0 Å². The molecule has 286 valence electrons. The number of nitrogens with two attached hydrogens (primary N) is 6. The lowest BCUT2D eigenvalue weighted by Crippen LogP contribution is -2.73. The van der Waals surface area contributed by atoms with Gasteiger partial charge in [-0.05, 0) is 32.7 Å². The van der Waals surface area contributed by atoms with Crippen molar-refractivity contribution in [3.8, 4) is 0 Å². The molecule has 49 heavy (non-hydrogen) atoms. The quantitative estimate of drug-likeness (QED) is 0.0842. The van der Waals surface area contributed by atoms with Crippen molar-refractivity contribution in [2.24, 2.45) is 34.4 Å². The maximum absolute atomic E-state index is 12.7. The predicted molar refractivity (Wildman–Crippen MR) is 165 cm³/mol. The molecule has 21 nitrogen and oxygen atoms in total. The maximum atomic E-state index is 12.7. The fourth-order valence-corrected chi connectivity index (χ4v) is 6.52. The van der Waals surface area contributed by atoms with Crippen LogP contribution in [0.2, 0.25) is 0 Å². The van der Waals surface area contributed by atoms with E-state index >= 15 is 0 Å². The Kier molecular flexibility index (Phi) is 14.4. The van der Waals surface area contributed by atoms with E-state index in [1.165, 1.54) is 0 Å². The molecule has 4 rings (SSSR count). The highest BCUT2D eigenvalue weighted by Crippen LogP contribution is 2.35. The number of nitrogens with one attached hydrogen (secondary N) is 1. The summed E-state index contributed by atoms with van der Waals surface area (Å²) in [5.74, 6) is -0.950. The van der Waals surface area contributed by atoms with Gasteiger partial charge < -0.3 is 104 Å². The van der Waals surface area contributed by atoms with Crippen molar-refractivity contribution in [1.82, 2.24) is 5.32 Å². The molecule has 21 heteroatoms. The number of carbonyl (C=O) groups is 1. The van der Waals surface area contributed by atoms with Crippen LogP contribution in [0.4, 0.5) is 0 Å². The number of hydrogen-bond donors (Lipinski definition) is 14. The number of amides is 1. The number of ether oxygens (including phenoxy) is 6. The van der Waals surface area contributed by atoms with Gasteiger partial charge in [-0.1, -0.05) is 0 Å². The summed E-state index contributed by atoms with van der Waals surface area (Å²) in [6.45, 7) is 0.819. The number of aliphatic hydroxyl groups excluding tert-OH is 7. The molecule has 0 spiro atoms. The van der Waals surface area contributed by atoms with Crippen molar-refractivity contribution in [2.75, 3.05) is 19.7 Å². The number of rotatable bonds is 13. The summed E-state index contributed by atoms with van der Waals surface area (Å²) in [4.78, 5) is 12.7. The Hall–Kier alpha value is -1.29. The van der Waals surface area contributed by atoms with Gasteiger partial charge in [-0.15, -0.1) is 0 Å². The Bertz CT molecular complexity index is 1060. The van der Waals surface area contributed by atoms with Gasteiger partial charge in [0.2, 0.25) is 5.91 Å². The number of carbonyl (C=O) groups excluding carboxylic acids is 1. The minimum Gasteiger partial charge on any atom is -0.394 e. The molecule has 20 N–H and O–H groups in total. The average molecular weight is 714 g/mol. The zero-order valence-corrected chi connectivity index (χ0v) is 27.2. The molecule has 1 amide bonds. The topological polar surface area (TPSA) is 382 Å². The first-order valence-corrected chi connectivity index (χ1v) is 16.5. The van der Waals surface area contributed by atoms with Gasteiger partial charge in [0.05, 0.1) is 43.0 Å². The first kappa shape index (κ1) is 40.5. The van der Waals surface area contributed by atoms with Crippen LogP contribution in [0, 0.1) is 0 Å². The predicted octanol–water partition coefficient (Wildman–Crippen LogP) is -8.61. The van der Waals surface area contributed by atoms with Crippen molar-refractivity contribution in [3.05, 3.63) is 0 Å². The van der Waals surface area contributed by atoms with Crippen LogP contribution in [0.25, 0.3) is 0 Å². The lowest BCUT2D eigenvalue weighted by Gasteiger charge is -2.49. The van der Waals surface area contributed by atoms with Crippen molar-refractivity contribution >= 4 is 5.91 Å². The fourth-order valence-electron chi connectivity index (χ4n) is 6.52. The van der Waals surface area contributed by atoms with E-state index in [9.17, 15) is 40.5 Å². The van der Waals surface area contributed by atoms with Gasteiger partial charge in [0, 0.05) is 12.6 Å². The third kappa shape index (κ3) is 8.85. The average Bonchev–Trinajstić information content (AvgIpc) is 3.37. The summed E-state index contributed by atoms with van der Waals surface area (Å²) < 4.78 is 35.4. The largest absolute Gasteiger partial charge is 0.394 e. The standard InChI is InChI=1S/C28H55N7O14/c1-8(31)11-3-2-9(32)26(44-11)48-23-14(33)18(39)16(35-25(43)10(37)4-5-29)20(41)24(23)49-28-21(42)22(13(7-36)46-28)47-27-15(34)19(40)17(38)12(6-30)45-27/h8-24,26-28,36-42H,2-7,29-34H2,1H3,(H,35,43)/t8-,9-,10+,11+,12+,13-,14+,15-,16-,17-,18+,19-,20+,21-,22-,23-,24-,26-,27-,28+/m1/s1. The van der Waals surface area contributed by atoms with Gasteiger partial charge in [-0.25, -0.2) is 0 Å². The van der Waals surface area contributed by atoms with Crippen LogP contribution in [-0.4, -0.2) is 184 Å². The smallest absolute Gasteiger partial charge is 0.249 e. The second-order valence-corrected chi connectivity index (χ2v) is 13.2.